The van der Waals surface area contributed by atoms with Crippen LogP contribution in [-0.2, 0) is 14.2 Å². The van der Waals surface area contributed by atoms with Crippen molar-refractivity contribution < 1.29 is 14.2 Å². The Hall–Kier alpha value is 0.170. The average Bonchev–Trinajstić information content (AvgIpc) is 2.19. The highest BCUT2D eigenvalue weighted by Gasteiger charge is 2.32. The summed E-state index contributed by atoms with van der Waals surface area (Å²) in [6, 6.07) is 0. The lowest BCUT2D eigenvalue weighted by Crippen LogP contribution is -2.38. The van der Waals surface area contributed by atoms with E-state index in [4.69, 9.17) is 25.8 Å². The normalized spacial score (nSPS) is 30.2. The van der Waals surface area contributed by atoms with Crippen molar-refractivity contribution in [3.05, 3.63) is 0 Å². The third-order valence-corrected chi connectivity index (χ3v) is 2.76. The number of hydrogen-bond donors (Lipinski definition) is 0. The van der Waals surface area contributed by atoms with Crippen molar-refractivity contribution in [1.29, 1.82) is 0 Å². The standard InChI is InChI=1S/C10H19ClO3/c1-3-12-9(11)8-6-5-7-14-10(8)13-4-2/h8-10H,3-7H2,1-2H3. The second-order valence-electron chi connectivity index (χ2n) is 3.31. The van der Waals surface area contributed by atoms with Crippen molar-refractivity contribution >= 4 is 11.6 Å². The molecule has 0 amide bonds. The monoisotopic (exact) mass is 222 g/mol. The van der Waals surface area contributed by atoms with Gasteiger partial charge in [0.05, 0.1) is 5.92 Å². The Labute approximate surface area is 90.7 Å². The first kappa shape index (κ1) is 12.2. The summed E-state index contributed by atoms with van der Waals surface area (Å²) in [4.78, 5) is 0. The third kappa shape index (κ3) is 3.39. The molecule has 3 atom stereocenters. The Balaban J connectivity index is 2.44. The fraction of sp³-hybridized carbons (Fsp3) is 1.00. The molecule has 14 heavy (non-hydrogen) atoms. The highest BCUT2D eigenvalue weighted by Crippen LogP contribution is 2.28. The van der Waals surface area contributed by atoms with Gasteiger partial charge in [-0.25, -0.2) is 0 Å². The first-order valence-electron chi connectivity index (χ1n) is 5.28. The largest absolute Gasteiger partial charge is 0.362 e. The van der Waals surface area contributed by atoms with Gasteiger partial charge in [0.25, 0.3) is 0 Å². The topological polar surface area (TPSA) is 27.7 Å². The molecule has 1 rings (SSSR count). The quantitative estimate of drug-likeness (QED) is 0.669. The summed E-state index contributed by atoms with van der Waals surface area (Å²) < 4.78 is 16.4. The molecule has 1 fully saturated rings. The zero-order chi connectivity index (χ0) is 10.4. The molecule has 0 aromatic carbocycles. The van der Waals surface area contributed by atoms with E-state index in [1.165, 1.54) is 0 Å². The van der Waals surface area contributed by atoms with Crippen molar-refractivity contribution in [3.8, 4) is 0 Å². The van der Waals surface area contributed by atoms with E-state index in [-0.39, 0.29) is 17.8 Å². The molecule has 1 aliphatic rings. The van der Waals surface area contributed by atoms with E-state index in [0.717, 1.165) is 19.4 Å². The van der Waals surface area contributed by atoms with E-state index < -0.39 is 0 Å². The van der Waals surface area contributed by atoms with E-state index in [9.17, 15) is 0 Å². The van der Waals surface area contributed by atoms with Gasteiger partial charge in [-0.2, -0.15) is 0 Å². The summed E-state index contributed by atoms with van der Waals surface area (Å²) in [5.74, 6) is 0.158. The Morgan fingerprint density at radius 3 is 2.86 bits per heavy atom. The molecule has 0 N–H and O–H groups in total. The molecule has 0 saturated carbocycles. The Bertz CT molecular complexity index is 152. The van der Waals surface area contributed by atoms with Crippen molar-refractivity contribution in [1.82, 2.24) is 0 Å². The number of hydrogen-bond acceptors (Lipinski definition) is 3. The first-order valence-corrected chi connectivity index (χ1v) is 5.72. The summed E-state index contributed by atoms with van der Waals surface area (Å²) >= 11 is 6.11. The molecule has 0 radical (unpaired) electrons. The fourth-order valence-corrected chi connectivity index (χ4v) is 2.02. The number of halogens is 1. The molecule has 4 heteroatoms. The maximum absolute atomic E-state index is 6.11. The Morgan fingerprint density at radius 2 is 2.21 bits per heavy atom. The number of ether oxygens (including phenoxy) is 3. The Kier molecular flexibility index (Phi) is 5.78. The van der Waals surface area contributed by atoms with Gasteiger partial charge in [0, 0.05) is 19.8 Å². The first-order chi connectivity index (χ1) is 6.79. The van der Waals surface area contributed by atoms with E-state index in [2.05, 4.69) is 0 Å². The highest BCUT2D eigenvalue weighted by atomic mass is 35.5. The average molecular weight is 223 g/mol. The van der Waals surface area contributed by atoms with Gasteiger partial charge in [0.1, 0.15) is 5.56 Å². The van der Waals surface area contributed by atoms with Crippen molar-refractivity contribution in [3.63, 3.8) is 0 Å². The second-order valence-corrected chi connectivity index (χ2v) is 3.74. The van der Waals surface area contributed by atoms with E-state index >= 15 is 0 Å². The van der Waals surface area contributed by atoms with Crippen LogP contribution in [0.4, 0.5) is 0 Å². The van der Waals surface area contributed by atoms with Gasteiger partial charge >= 0.3 is 0 Å². The van der Waals surface area contributed by atoms with Gasteiger partial charge in [-0.05, 0) is 26.7 Å². The predicted molar refractivity (Wildman–Crippen MR) is 55.4 cm³/mol. The molecule has 3 nitrogen and oxygen atoms in total. The Morgan fingerprint density at radius 1 is 1.43 bits per heavy atom. The fourth-order valence-electron chi connectivity index (χ4n) is 1.65. The molecule has 0 spiro atoms. The maximum atomic E-state index is 6.11. The zero-order valence-corrected chi connectivity index (χ0v) is 9.63. The van der Waals surface area contributed by atoms with Crippen LogP contribution in [0, 0.1) is 5.92 Å². The molecule has 0 aromatic rings. The molecule has 1 heterocycles. The molecular weight excluding hydrogens is 204 g/mol. The van der Waals surface area contributed by atoms with Gasteiger partial charge in [0.2, 0.25) is 0 Å². The minimum atomic E-state index is -0.295. The third-order valence-electron chi connectivity index (χ3n) is 2.31. The van der Waals surface area contributed by atoms with Crippen LogP contribution in [0.5, 0.6) is 0 Å². The summed E-state index contributed by atoms with van der Waals surface area (Å²) in [7, 11) is 0. The zero-order valence-electron chi connectivity index (χ0n) is 8.87. The molecule has 84 valence electrons. The summed E-state index contributed by atoms with van der Waals surface area (Å²) in [6.45, 7) is 5.94. The molecule has 1 saturated heterocycles. The molecule has 0 aliphatic carbocycles. The van der Waals surface area contributed by atoms with Crippen molar-refractivity contribution in [2.75, 3.05) is 19.8 Å². The molecule has 3 unspecified atom stereocenters. The summed E-state index contributed by atoms with van der Waals surface area (Å²) in [6.07, 6.45) is 1.85. The van der Waals surface area contributed by atoms with Crippen molar-refractivity contribution in [2.45, 2.75) is 38.5 Å². The van der Waals surface area contributed by atoms with E-state index in [0.29, 0.717) is 13.2 Å². The predicted octanol–water partition coefficient (Wildman–Crippen LogP) is 2.38. The molecule has 1 aliphatic heterocycles. The highest BCUT2D eigenvalue weighted by molar-refractivity contribution is 6.19. The van der Waals surface area contributed by atoms with Gasteiger partial charge in [-0.15, -0.1) is 0 Å². The van der Waals surface area contributed by atoms with Crippen LogP contribution in [0.2, 0.25) is 0 Å². The van der Waals surface area contributed by atoms with Crippen LogP contribution in [-0.4, -0.2) is 31.7 Å². The lowest BCUT2D eigenvalue weighted by Gasteiger charge is -2.33. The SMILES string of the molecule is CCOC(Cl)C1CCCOC1OCC. The smallest absolute Gasteiger partial charge is 0.164 e. The molecule has 0 bridgehead atoms. The second kappa shape index (κ2) is 6.62. The minimum absolute atomic E-state index is 0.158. The van der Waals surface area contributed by atoms with Crippen molar-refractivity contribution in [2.24, 2.45) is 5.92 Å². The lowest BCUT2D eigenvalue weighted by molar-refractivity contribution is -0.205. The minimum Gasteiger partial charge on any atom is -0.362 e. The van der Waals surface area contributed by atoms with Crippen LogP contribution < -0.4 is 0 Å². The number of rotatable bonds is 5. The van der Waals surface area contributed by atoms with Gasteiger partial charge in [0.15, 0.2) is 6.29 Å². The number of alkyl halides is 1. The van der Waals surface area contributed by atoms with Crippen LogP contribution >= 0.6 is 11.6 Å². The molecular formula is C10H19ClO3. The van der Waals surface area contributed by atoms with Crippen LogP contribution in [0.1, 0.15) is 26.7 Å². The van der Waals surface area contributed by atoms with E-state index in [1.807, 2.05) is 13.8 Å². The maximum Gasteiger partial charge on any atom is 0.164 e. The van der Waals surface area contributed by atoms with Crippen LogP contribution in [0.15, 0.2) is 0 Å². The van der Waals surface area contributed by atoms with Crippen LogP contribution in [0.3, 0.4) is 0 Å². The van der Waals surface area contributed by atoms with Gasteiger partial charge in [-0.1, -0.05) is 11.6 Å². The van der Waals surface area contributed by atoms with Crippen LogP contribution in [0.25, 0.3) is 0 Å². The van der Waals surface area contributed by atoms with Gasteiger partial charge in [-0.3, -0.25) is 0 Å². The summed E-state index contributed by atoms with van der Waals surface area (Å²) in [5, 5.41) is 0. The lowest BCUT2D eigenvalue weighted by atomic mass is 10.0. The summed E-state index contributed by atoms with van der Waals surface area (Å²) in [5.41, 5.74) is -0.295. The van der Waals surface area contributed by atoms with E-state index in [1.54, 1.807) is 0 Å². The van der Waals surface area contributed by atoms with Gasteiger partial charge < -0.3 is 14.2 Å². The molecule has 0 aromatic heterocycles.